The van der Waals surface area contributed by atoms with Crippen LogP contribution < -0.4 is 5.43 Å². The number of hydrogen-bond donors (Lipinski definition) is 2. The first kappa shape index (κ1) is 7.40. The molecule has 10 heavy (non-hydrogen) atoms. The molecule has 0 radical (unpaired) electrons. The van der Waals surface area contributed by atoms with Crippen LogP contribution in [0, 0.1) is 0 Å². The minimum Gasteiger partial charge on any atom is -0.275 e. The Bertz CT molecular complexity index is 180. The maximum atomic E-state index is 10.7. The fourth-order valence-corrected chi connectivity index (χ4v) is 1.02. The van der Waals surface area contributed by atoms with E-state index in [-0.39, 0.29) is 12.5 Å². The first-order valence-electron chi connectivity index (χ1n) is 2.91. The van der Waals surface area contributed by atoms with Crippen LogP contribution in [0.4, 0.5) is 0 Å². The summed E-state index contributed by atoms with van der Waals surface area (Å²) < 4.78 is 0. The van der Waals surface area contributed by atoms with Crippen LogP contribution in [-0.4, -0.2) is 36.1 Å². The molecule has 1 N–H and O–H groups in total. The third-order valence-electron chi connectivity index (χ3n) is 1.23. The zero-order valence-electron chi connectivity index (χ0n) is 5.66. The summed E-state index contributed by atoms with van der Waals surface area (Å²) in [6.45, 7) is 0.222. The summed E-state index contributed by atoms with van der Waals surface area (Å²) in [4.78, 5) is 14.6. The van der Waals surface area contributed by atoms with Gasteiger partial charge in [-0.25, -0.2) is 0 Å². The van der Waals surface area contributed by atoms with E-state index in [0.29, 0.717) is 5.75 Å². The Labute approximate surface area is 64.7 Å². The lowest BCUT2D eigenvalue weighted by atomic mass is 10.5. The lowest BCUT2D eigenvalue weighted by Crippen LogP contribution is -2.48. The van der Waals surface area contributed by atoms with Crippen LogP contribution in [0.5, 0.6) is 0 Å². The minimum atomic E-state index is -0.0759. The summed E-state index contributed by atoms with van der Waals surface area (Å²) in [5, 5.41) is 1.58. The van der Waals surface area contributed by atoms with Crippen LogP contribution in [0.2, 0.25) is 0 Å². The summed E-state index contributed by atoms with van der Waals surface area (Å²) in [5.74, 6) is 1.27. The summed E-state index contributed by atoms with van der Waals surface area (Å²) >= 11 is 4.03. The van der Waals surface area contributed by atoms with E-state index < -0.39 is 0 Å². The molecule has 0 aromatic carbocycles. The molecule has 1 aliphatic heterocycles. The zero-order valence-corrected chi connectivity index (χ0v) is 6.56. The molecule has 0 aliphatic carbocycles. The molecule has 0 aromatic rings. The van der Waals surface area contributed by atoms with E-state index in [2.05, 4.69) is 23.0 Å². The number of carbonyl (C=O) groups is 1. The molecule has 0 aromatic heterocycles. The summed E-state index contributed by atoms with van der Waals surface area (Å²) in [7, 11) is 1.74. The third kappa shape index (κ3) is 1.41. The highest BCUT2D eigenvalue weighted by atomic mass is 32.1. The van der Waals surface area contributed by atoms with E-state index in [1.165, 1.54) is 0 Å². The van der Waals surface area contributed by atoms with Crippen LogP contribution >= 0.6 is 12.6 Å². The van der Waals surface area contributed by atoms with Crippen LogP contribution in [0.15, 0.2) is 4.99 Å². The Balaban J connectivity index is 2.65. The van der Waals surface area contributed by atoms with Crippen molar-refractivity contribution in [2.45, 2.75) is 0 Å². The zero-order chi connectivity index (χ0) is 7.56. The average Bonchev–Trinajstić information content (AvgIpc) is 1.88. The minimum absolute atomic E-state index is 0.0759. The molecule has 1 amide bonds. The molecular formula is C5H9N3OS. The van der Waals surface area contributed by atoms with Gasteiger partial charge in [-0.1, -0.05) is 0 Å². The summed E-state index contributed by atoms with van der Waals surface area (Å²) in [6.07, 6.45) is 0. The van der Waals surface area contributed by atoms with Crippen molar-refractivity contribution in [3.05, 3.63) is 0 Å². The summed E-state index contributed by atoms with van der Waals surface area (Å²) in [5.41, 5.74) is 2.59. The lowest BCUT2D eigenvalue weighted by molar-refractivity contribution is -0.123. The van der Waals surface area contributed by atoms with Gasteiger partial charge in [-0.15, -0.1) is 0 Å². The van der Waals surface area contributed by atoms with Crippen molar-refractivity contribution in [2.75, 3.05) is 19.3 Å². The number of thiol groups is 1. The number of hydrazine groups is 1. The predicted molar refractivity (Wildman–Crippen MR) is 42.1 cm³/mol. The van der Waals surface area contributed by atoms with E-state index >= 15 is 0 Å². The number of rotatable bonds is 1. The quantitative estimate of drug-likeness (QED) is 0.496. The molecule has 1 heterocycles. The Hall–Kier alpha value is -0.710. The second kappa shape index (κ2) is 2.92. The maximum absolute atomic E-state index is 10.7. The molecule has 5 heteroatoms. The normalized spacial score (nSPS) is 18.4. The number of amides is 1. The van der Waals surface area contributed by atoms with Gasteiger partial charge in [0.1, 0.15) is 12.4 Å². The molecule has 56 valence electrons. The number of nitrogens with one attached hydrogen (secondary N) is 1. The van der Waals surface area contributed by atoms with E-state index in [4.69, 9.17) is 0 Å². The van der Waals surface area contributed by atoms with Crippen LogP contribution in [0.25, 0.3) is 0 Å². The number of nitrogens with zero attached hydrogens (tertiary/aromatic N) is 2. The van der Waals surface area contributed by atoms with E-state index in [1.807, 2.05) is 0 Å². The fraction of sp³-hybridized carbons (Fsp3) is 0.600. The monoisotopic (exact) mass is 159 g/mol. The summed E-state index contributed by atoms with van der Waals surface area (Å²) in [6, 6.07) is 0. The topological polar surface area (TPSA) is 44.7 Å². The van der Waals surface area contributed by atoms with Crippen molar-refractivity contribution in [3.63, 3.8) is 0 Å². The highest BCUT2D eigenvalue weighted by Gasteiger charge is 2.13. The van der Waals surface area contributed by atoms with Gasteiger partial charge in [0, 0.05) is 12.8 Å². The highest BCUT2D eigenvalue weighted by Crippen LogP contribution is 1.93. The molecule has 0 atom stereocenters. The Morgan fingerprint density at radius 2 is 2.60 bits per heavy atom. The average molecular weight is 159 g/mol. The van der Waals surface area contributed by atoms with Crippen LogP contribution in [0.1, 0.15) is 0 Å². The first-order valence-corrected chi connectivity index (χ1v) is 3.54. The molecule has 0 bridgehead atoms. The number of carbonyl (C=O) groups excluding carboxylic acids is 1. The predicted octanol–water partition coefficient (Wildman–Crippen LogP) is -0.709. The van der Waals surface area contributed by atoms with E-state index in [0.717, 1.165) is 5.84 Å². The number of aliphatic imine (C=N–C) groups is 1. The SMILES string of the molecule is CN1NC(=O)CN=C1CS. The van der Waals surface area contributed by atoms with Crippen molar-refractivity contribution in [1.29, 1.82) is 0 Å². The van der Waals surface area contributed by atoms with Gasteiger partial charge in [-0.05, 0) is 0 Å². The van der Waals surface area contributed by atoms with Gasteiger partial charge in [0.05, 0.1) is 0 Å². The first-order chi connectivity index (χ1) is 4.74. The van der Waals surface area contributed by atoms with Gasteiger partial charge in [-0.3, -0.25) is 20.2 Å². The molecule has 0 spiro atoms. The van der Waals surface area contributed by atoms with E-state index in [1.54, 1.807) is 12.1 Å². The second-order valence-electron chi connectivity index (χ2n) is 1.98. The standard InChI is InChI=1S/C5H9N3OS/c1-8-4(3-10)6-2-5(9)7-8/h10H,2-3H2,1H3,(H,7,9). The lowest BCUT2D eigenvalue weighted by Gasteiger charge is -2.24. The second-order valence-corrected chi connectivity index (χ2v) is 2.30. The van der Waals surface area contributed by atoms with Gasteiger partial charge in [0.2, 0.25) is 0 Å². The molecule has 0 unspecified atom stereocenters. The van der Waals surface area contributed by atoms with Gasteiger partial charge >= 0.3 is 0 Å². The smallest absolute Gasteiger partial charge is 0.260 e. The Morgan fingerprint density at radius 1 is 1.90 bits per heavy atom. The van der Waals surface area contributed by atoms with Crippen molar-refractivity contribution in [1.82, 2.24) is 10.4 Å². The molecule has 4 nitrogen and oxygen atoms in total. The van der Waals surface area contributed by atoms with Crippen molar-refractivity contribution < 1.29 is 4.79 Å². The van der Waals surface area contributed by atoms with Gasteiger partial charge in [0.15, 0.2) is 0 Å². The van der Waals surface area contributed by atoms with Crippen LogP contribution in [0.3, 0.4) is 0 Å². The molecule has 0 saturated carbocycles. The largest absolute Gasteiger partial charge is 0.275 e. The molecule has 1 aliphatic rings. The Morgan fingerprint density at radius 3 is 3.10 bits per heavy atom. The fourth-order valence-electron chi connectivity index (χ4n) is 0.712. The molecule has 0 fully saturated rings. The number of amidine groups is 1. The number of hydrogen-bond acceptors (Lipinski definition) is 4. The van der Waals surface area contributed by atoms with Crippen molar-refractivity contribution in [3.8, 4) is 0 Å². The third-order valence-corrected chi connectivity index (χ3v) is 1.51. The van der Waals surface area contributed by atoms with Gasteiger partial charge in [0.25, 0.3) is 5.91 Å². The highest BCUT2D eigenvalue weighted by molar-refractivity contribution is 7.81. The van der Waals surface area contributed by atoms with E-state index in [9.17, 15) is 4.79 Å². The van der Waals surface area contributed by atoms with Crippen molar-refractivity contribution in [2.24, 2.45) is 4.99 Å². The van der Waals surface area contributed by atoms with Gasteiger partial charge in [-0.2, -0.15) is 12.6 Å². The van der Waals surface area contributed by atoms with Gasteiger partial charge < -0.3 is 0 Å². The van der Waals surface area contributed by atoms with Crippen LogP contribution in [-0.2, 0) is 4.79 Å². The molecule has 1 rings (SSSR count). The Kier molecular flexibility index (Phi) is 2.16. The maximum Gasteiger partial charge on any atom is 0.260 e. The molecule has 0 saturated heterocycles. The van der Waals surface area contributed by atoms with Crippen molar-refractivity contribution >= 4 is 24.4 Å². The molecular weight excluding hydrogens is 150 g/mol.